The average molecular weight is 451 g/mol. The summed E-state index contributed by atoms with van der Waals surface area (Å²) in [6, 6.07) is 19.3. The maximum atomic E-state index is 12.7. The second-order valence-electron chi connectivity index (χ2n) is 7.65. The second kappa shape index (κ2) is 9.50. The zero-order valence-electron chi connectivity index (χ0n) is 18.2. The van der Waals surface area contributed by atoms with Gasteiger partial charge in [0, 0.05) is 37.2 Å². The summed E-state index contributed by atoms with van der Waals surface area (Å²) in [5.74, 6) is 1.54. The van der Waals surface area contributed by atoms with Crippen molar-refractivity contribution in [3.63, 3.8) is 0 Å². The fourth-order valence-electron chi connectivity index (χ4n) is 3.51. The quantitative estimate of drug-likeness (QED) is 0.571. The molecular formula is C24H26N4O3S. The van der Waals surface area contributed by atoms with Gasteiger partial charge in [0.2, 0.25) is 10.0 Å². The Kier molecular flexibility index (Phi) is 6.53. The molecule has 2 heterocycles. The van der Waals surface area contributed by atoms with E-state index in [2.05, 4.69) is 15.1 Å². The molecule has 1 aromatic heterocycles. The number of anilines is 1. The summed E-state index contributed by atoms with van der Waals surface area (Å²) in [5, 5.41) is 9.98. The number of ether oxygens (including phenoxy) is 1. The van der Waals surface area contributed by atoms with Gasteiger partial charge >= 0.3 is 0 Å². The third kappa shape index (κ3) is 5.15. The molecule has 0 radical (unpaired) electrons. The molecule has 0 atom stereocenters. The van der Waals surface area contributed by atoms with Crippen LogP contribution in [-0.2, 0) is 10.0 Å². The van der Waals surface area contributed by atoms with Crippen LogP contribution in [0.5, 0.6) is 5.75 Å². The standard InChI is InChI=1S/C24H26N4O3S/c1-19-3-5-20(6-4-19)13-18-32(29,30)28-16-14-27(15-17-28)24-12-11-23(25-26-24)21-7-9-22(31-2)10-8-21/h3-13,18H,14-17H2,1-2H3/b18-13-. The molecule has 0 amide bonds. The number of nitrogens with zero attached hydrogens (tertiary/aromatic N) is 4. The fourth-order valence-corrected chi connectivity index (χ4v) is 4.68. The van der Waals surface area contributed by atoms with Crippen molar-refractivity contribution < 1.29 is 13.2 Å². The first-order chi connectivity index (χ1) is 15.4. The van der Waals surface area contributed by atoms with Crippen molar-refractivity contribution in [1.82, 2.24) is 14.5 Å². The molecule has 0 N–H and O–H groups in total. The maximum Gasteiger partial charge on any atom is 0.236 e. The molecule has 3 aromatic rings. The number of piperazine rings is 1. The molecular weight excluding hydrogens is 424 g/mol. The lowest BCUT2D eigenvalue weighted by Gasteiger charge is -2.33. The first-order valence-corrected chi connectivity index (χ1v) is 11.9. The molecule has 32 heavy (non-hydrogen) atoms. The minimum absolute atomic E-state index is 0.405. The predicted molar refractivity (Wildman–Crippen MR) is 127 cm³/mol. The van der Waals surface area contributed by atoms with Crippen LogP contribution in [0.25, 0.3) is 17.3 Å². The summed E-state index contributed by atoms with van der Waals surface area (Å²) in [4.78, 5) is 2.06. The molecule has 7 nitrogen and oxygen atoms in total. The third-order valence-electron chi connectivity index (χ3n) is 5.47. The Morgan fingerprint density at radius 1 is 0.875 bits per heavy atom. The van der Waals surface area contributed by atoms with E-state index in [-0.39, 0.29) is 0 Å². The average Bonchev–Trinajstić information content (AvgIpc) is 2.84. The van der Waals surface area contributed by atoms with E-state index in [0.29, 0.717) is 26.2 Å². The minimum atomic E-state index is -3.47. The second-order valence-corrected chi connectivity index (χ2v) is 9.47. The molecule has 0 aliphatic carbocycles. The van der Waals surface area contributed by atoms with Gasteiger partial charge in [-0.15, -0.1) is 10.2 Å². The zero-order valence-corrected chi connectivity index (χ0v) is 19.0. The Bertz CT molecular complexity index is 1170. The summed E-state index contributed by atoms with van der Waals surface area (Å²) in [7, 11) is -1.83. The smallest absolute Gasteiger partial charge is 0.236 e. The van der Waals surface area contributed by atoms with Crippen LogP contribution in [0.3, 0.4) is 0 Å². The number of hydrogen-bond acceptors (Lipinski definition) is 6. The monoisotopic (exact) mass is 450 g/mol. The SMILES string of the molecule is COc1ccc(-c2ccc(N3CCN(S(=O)(=O)/C=C\c4ccc(C)cc4)CC3)nn2)cc1. The largest absolute Gasteiger partial charge is 0.497 e. The van der Waals surface area contributed by atoms with Gasteiger partial charge in [0.1, 0.15) is 5.75 Å². The van der Waals surface area contributed by atoms with E-state index in [1.807, 2.05) is 67.6 Å². The van der Waals surface area contributed by atoms with E-state index >= 15 is 0 Å². The number of aromatic nitrogens is 2. The van der Waals surface area contributed by atoms with Crippen LogP contribution in [-0.4, -0.2) is 56.2 Å². The Balaban J connectivity index is 1.37. The normalized spacial score (nSPS) is 15.2. The molecule has 0 spiro atoms. The van der Waals surface area contributed by atoms with Crippen LogP contribution >= 0.6 is 0 Å². The maximum absolute atomic E-state index is 12.7. The zero-order chi connectivity index (χ0) is 22.6. The Morgan fingerprint density at radius 3 is 2.16 bits per heavy atom. The van der Waals surface area contributed by atoms with Gasteiger partial charge in [0.05, 0.1) is 12.8 Å². The Labute approximate surface area is 189 Å². The van der Waals surface area contributed by atoms with Gasteiger partial charge < -0.3 is 9.64 Å². The molecule has 1 fully saturated rings. The van der Waals surface area contributed by atoms with Gasteiger partial charge in [0.25, 0.3) is 0 Å². The van der Waals surface area contributed by atoms with Crippen molar-refractivity contribution in [3.05, 3.63) is 77.2 Å². The van der Waals surface area contributed by atoms with Gasteiger partial charge in [-0.05, 0) is 55.0 Å². The van der Waals surface area contributed by atoms with Crippen molar-refractivity contribution in [2.75, 3.05) is 38.2 Å². The van der Waals surface area contributed by atoms with Crippen molar-refractivity contribution >= 4 is 21.9 Å². The van der Waals surface area contributed by atoms with E-state index in [0.717, 1.165) is 34.0 Å². The molecule has 2 aromatic carbocycles. The number of hydrogen-bond donors (Lipinski definition) is 0. The first-order valence-electron chi connectivity index (χ1n) is 10.4. The molecule has 1 aliphatic heterocycles. The van der Waals surface area contributed by atoms with Crippen molar-refractivity contribution in [2.45, 2.75) is 6.92 Å². The Hall–Kier alpha value is -3.23. The van der Waals surface area contributed by atoms with E-state index in [9.17, 15) is 8.42 Å². The topological polar surface area (TPSA) is 75.6 Å². The van der Waals surface area contributed by atoms with Crippen LogP contribution in [0.15, 0.2) is 66.1 Å². The number of aryl methyl sites for hydroxylation is 1. The molecule has 0 unspecified atom stereocenters. The van der Waals surface area contributed by atoms with Crippen molar-refractivity contribution in [2.24, 2.45) is 0 Å². The van der Waals surface area contributed by atoms with E-state index in [1.54, 1.807) is 13.2 Å². The molecule has 166 valence electrons. The highest BCUT2D eigenvalue weighted by atomic mass is 32.2. The summed E-state index contributed by atoms with van der Waals surface area (Å²) in [5.41, 5.74) is 3.74. The highest BCUT2D eigenvalue weighted by Gasteiger charge is 2.25. The third-order valence-corrected chi connectivity index (χ3v) is 7.03. The summed E-state index contributed by atoms with van der Waals surface area (Å²) in [6.07, 6.45) is 1.64. The van der Waals surface area contributed by atoms with Crippen LogP contribution in [0.1, 0.15) is 11.1 Å². The highest BCUT2D eigenvalue weighted by Crippen LogP contribution is 2.22. The van der Waals surface area contributed by atoms with Crippen LogP contribution in [0.4, 0.5) is 5.82 Å². The lowest BCUT2D eigenvalue weighted by Crippen LogP contribution is -2.48. The van der Waals surface area contributed by atoms with Crippen molar-refractivity contribution in [1.29, 1.82) is 0 Å². The van der Waals surface area contributed by atoms with Crippen molar-refractivity contribution in [3.8, 4) is 17.0 Å². The van der Waals surface area contributed by atoms with E-state index in [1.165, 1.54) is 9.71 Å². The lowest BCUT2D eigenvalue weighted by atomic mass is 10.1. The van der Waals surface area contributed by atoms with Gasteiger partial charge in [-0.25, -0.2) is 8.42 Å². The highest BCUT2D eigenvalue weighted by molar-refractivity contribution is 7.92. The molecule has 0 bridgehead atoms. The van der Waals surface area contributed by atoms with Crippen LogP contribution < -0.4 is 9.64 Å². The number of rotatable bonds is 6. The number of benzene rings is 2. The van der Waals surface area contributed by atoms with Gasteiger partial charge in [0.15, 0.2) is 5.82 Å². The molecule has 1 saturated heterocycles. The Morgan fingerprint density at radius 2 is 1.56 bits per heavy atom. The van der Waals surface area contributed by atoms with Gasteiger partial charge in [-0.1, -0.05) is 29.8 Å². The predicted octanol–water partition coefficient (Wildman–Crippen LogP) is 3.58. The number of methoxy groups -OCH3 is 1. The lowest BCUT2D eigenvalue weighted by molar-refractivity contribution is 0.388. The number of sulfonamides is 1. The molecule has 8 heteroatoms. The molecule has 1 aliphatic rings. The van der Waals surface area contributed by atoms with E-state index < -0.39 is 10.0 Å². The first kappa shape index (κ1) is 22.0. The summed E-state index contributed by atoms with van der Waals surface area (Å²) in [6.45, 7) is 3.94. The molecule has 0 saturated carbocycles. The van der Waals surface area contributed by atoms with E-state index in [4.69, 9.17) is 4.74 Å². The summed E-state index contributed by atoms with van der Waals surface area (Å²) < 4.78 is 32.1. The fraction of sp³-hybridized carbons (Fsp3) is 0.250. The summed E-state index contributed by atoms with van der Waals surface area (Å²) >= 11 is 0. The van der Waals surface area contributed by atoms with Crippen LogP contribution in [0, 0.1) is 6.92 Å². The van der Waals surface area contributed by atoms with Gasteiger partial charge in [-0.3, -0.25) is 0 Å². The minimum Gasteiger partial charge on any atom is -0.497 e. The molecule has 4 rings (SSSR count). The van der Waals surface area contributed by atoms with Gasteiger partial charge in [-0.2, -0.15) is 4.31 Å². The van der Waals surface area contributed by atoms with Crippen LogP contribution in [0.2, 0.25) is 0 Å².